The molecule has 0 spiro atoms. The molecule has 1 unspecified atom stereocenters. The molecule has 0 bridgehead atoms. The van der Waals surface area contributed by atoms with E-state index in [2.05, 4.69) is 15.6 Å². The van der Waals surface area contributed by atoms with Gasteiger partial charge in [-0.1, -0.05) is 42.5 Å². The lowest BCUT2D eigenvalue weighted by Gasteiger charge is -2.17. The molecular formula is C33H29N3O5S2. The largest absolute Gasteiger partial charge is 0.497 e. The van der Waals surface area contributed by atoms with Crippen LogP contribution in [0.15, 0.2) is 107 Å². The van der Waals surface area contributed by atoms with Crippen LogP contribution in [0.3, 0.4) is 0 Å². The Balaban J connectivity index is 1.33. The summed E-state index contributed by atoms with van der Waals surface area (Å²) in [6.45, 7) is 0. The van der Waals surface area contributed by atoms with E-state index in [4.69, 9.17) is 14.2 Å². The van der Waals surface area contributed by atoms with Crippen molar-refractivity contribution in [3.05, 3.63) is 114 Å². The van der Waals surface area contributed by atoms with E-state index in [-0.39, 0.29) is 11.8 Å². The number of thiazole rings is 1. The third-order valence-corrected chi connectivity index (χ3v) is 8.44. The number of nitrogens with one attached hydrogen (secondary N) is 2. The maximum Gasteiger partial charge on any atom is 0.255 e. The molecule has 5 rings (SSSR count). The lowest BCUT2D eigenvalue weighted by molar-refractivity contribution is -0.115. The minimum atomic E-state index is -0.570. The summed E-state index contributed by atoms with van der Waals surface area (Å²) in [6.07, 6.45) is 0. The molecule has 4 aromatic carbocycles. The number of nitrogens with zero attached hydrogens (tertiary/aromatic N) is 1. The van der Waals surface area contributed by atoms with Crippen LogP contribution in [0, 0.1) is 0 Å². The molecule has 0 saturated heterocycles. The summed E-state index contributed by atoms with van der Waals surface area (Å²) in [4.78, 5) is 32.0. The molecule has 2 amide bonds. The second-order valence-electron chi connectivity index (χ2n) is 9.22. The number of benzene rings is 4. The van der Waals surface area contributed by atoms with Crippen LogP contribution < -0.4 is 24.8 Å². The summed E-state index contributed by atoms with van der Waals surface area (Å²) in [5.41, 5.74) is 3.49. The monoisotopic (exact) mass is 611 g/mol. The molecule has 1 aromatic heterocycles. The highest BCUT2D eigenvalue weighted by Crippen LogP contribution is 2.38. The quantitative estimate of drug-likeness (QED) is 0.149. The minimum Gasteiger partial charge on any atom is -0.497 e. The van der Waals surface area contributed by atoms with Gasteiger partial charge in [0.2, 0.25) is 5.91 Å². The number of ether oxygens (including phenoxy) is 3. The molecule has 1 heterocycles. The van der Waals surface area contributed by atoms with Gasteiger partial charge in [-0.15, -0.1) is 23.1 Å². The van der Waals surface area contributed by atoms with E-state index in [1.165, 1.54) is 23.1 Å². The van der Waals surface area contributed by atoms with Gasteiger partial charge in [-0.2, -0.15) is 0 Å². The van der Waals surface area contributed by atoms with Crippen LogP contribution in [-0.4, -0.2) is 38.1 Å². The van der Waals surface area contributed by atoms with E-state index >= 15 is 0 Å². The van der Waals surface area contributed by atoms with Gasteiger partial charge >= 0.3 is 0 Å². The molecule has 2 N–H and O–H groups in total. The molecule has 0 saturated carbocycles. The molecule has 218 valence electrons. The number of thioether (sulfide) groups is 1. The summed E-state index contributed by atoms with van der Waals surface area (Å²) < 4.78 is 16.0. The maximum absolute atomic E-state index is 13.7. The fourth-order valence-electron chi connectivity index (χ4n) is 4.28. The average Bonchev–Trinajstić information content (AvgIpc) is 3.52. The molecule has 0 aliphatic carbocycles. The Bertz CT molecular complexity index is 1720. The van der Waals surface area contributed by atoms with Crippen LogP contribution in [0.1, 0.15) is 21.2 Å². The van der Waals surface area contributed by atoms with Gasteiger partial charge < -0.3 is 24.8 Å². The van der Waals surface area contributed by atoms with E-state index in [0.29, 0.717) is 39.3 Å². The number of carbonyl (C=O) groups is 2. The van der Waals surface area contributed by atoms with Crippen molar-refractivity contribution in [1.29, 1.82) is 0 Å². The van der Waals surface area contributed by atoms with Gasteiger partial charge in [0, 0.05) is 27.1 Å². The Kier molecular flexibility index (Phi) is 9.60. The van der Waals surface area contributed by atoms with E-state index in [1.54, 1.807) is 45.6 Å². The smallest absolute Gasteiger partial charge is 0.255 e. The second-order valence-corrected chi connectivity index (χ2v) is 11.3. The van der Waals surface area contributed by atoms with Crippen molar-refractivity contribution in [3.63, 3.8) is 0 Å². The van der Waals surface area contributed by atoms with Crippen molar-refractivity contribution in [2.45, 2.75) is 10.1 Å². The Hall–Kier alpha value is -4.80. The van der Waals surface area contributed by atoms with Gasteiger partial charge in [0.15, 0.2) is 16.6 Å². The number of methoxy groups -OCH3 is 3. The summed E-state index contributed by atoms with van der Waals surface area (Å²) in [5.74, 6) is 1.36. The van der Waals surface area contributed by atoms with Crippen LogP contribution in [0.2, 0.25) is 0 Å². The third-order valence-electron chi connectivity index (χ3n) is 6.43. The van der Waals surface area contributed by atoms with Crippen LogP contribution in [0.5, 0.6) is 17.2 Å². The van der Waals surface area contributed by atoms with Crippen molar-refractivity contribution in [1.82, 2.24) is 4.98 Å². The molecular weight excluding hydrogens is 583 g/mol. The standard InChI is InChI=1S/C33H29N3O5S2/c1-39-25-13-7-11-23(17-25)31(37)34-24-12-8-14-26(19-24)43-30(21-9-5-4-6-10-21)32(38)36-33-35-27(20-42-33)22-15-16-28(40-2)29(18-22)41-3/h4-20,30H,1-3H3,(H,34,37)(H,35,36,38). The Morgan fingerprint density at radius 1 is 0.791 bits per heavy atom. The zero-order chi connectivity index (χ0) is 30.2. The topological polar surface area (TPSA) is 98.8 Å². The highest BCUT2D eigenvalue weighted by molar-refractivity contribution is 8.00. The first kappa shape index (κ1) is 29.7. The molecule has 5 aromatic rings. The first-order chi connectivity index (χ1) is 21.0. The van der Waals surface area contributed by atoms with Gasteiger partial charge in [-0.05, 0) is 60.2 Å². The van der Waals surface area contributed by atoms with Crippen molar-refractivity contribution in [2.24, 2.45) is 0 Å². The molecule has 1 atom stereocenters. The Morgan fingerprint density at radius 3 is 2.35 bits per heavy atom. The van der Waals surface area contributed by atoms with Crippen molar-refractivity contribution >= 4 is 45.7 Å². The molecule has 43 heavy (non-hydrogen) atoms. The lowest BCUT2D eigenvalue weighted by Crippen LogP contribution is -2.19. The second kappa shape index (κ2) is 13.9. The number of rotatable bonds is 11. The Morgan fingerprint density at radius 2 is 1.58 bits per heavy atom. The first-order valence-corrected chi connectivity index (χ1v) is 15.0. The van der Waals surface area contributed by atoms with Gasteiger partial charge in [0.1, 0.15) is 11.0 Å². The summed E-state index contributed by atoms with van der Waals surface area (Å²) in [7, 11) is 4.73. The number of anilines is 2. The zero-order valence-electron chi connectivity index (χ0n) is 23.7. The fraction of sp³-hybridized carbons (Fsp3) is 0.121. The number of hydrogen-bond acceptors (Lipinski definition) is 8. The fourth-order valence-corrected chi connectivity index (χ4v) is 6.09. The molecule has 0 radical (unpaired) electrons. The number of aromatic nitrogens is 1. The summed E-state index contributed by atoms with van der Waals surface area (Å²) in [5, 5.41) is 7.72. The molecule has 0 aliphatic heterocycles. The van der Waals surface area contributed by atoms with Gasteiger partial charge in [0.25, 0.3) is 5.91 Å². The van der Waals surface area contributed by atoms with Gasteiger partial charge in [-0.3, -0.25) is 9.59 Å². The predicted molar refractivity (Wildman–Crippen MR) is 172 cm³/mol. The van der Waals surface area contributed by atoms with E-state index < -0.39 is 5.25 Å². The highest BCUT2D eigenvalue weighted by atomic mass is 32.2. The van der Waals surface area contributed by atoms with Crippen molar-refractivity contribution in [3.8, 4) is 28.5 Å². The van der Waals surface area contributed by atoms with Gasteiger partial charge in [-0.25, -0.2) is 4.98 Å². The van der Waals surface area contributed by atoms with Crippen molar-refractivity contribution in [2.75, 3.05) is 32.0 Å². The maximum atomic E-state index is 13.7. The van der Waals surface area contributed by atoms with Crippen LogP contribution in [-0.2, 0) is 4.79 Å². The third kappa shape index (κ3) is 7.35. The molecule has 0 fully saturated rings. The van der Waals surface area contributed by atoms with Gasteiger partial charge in [0.05, 0.1) is 27.0 Å². The summed E-state index contributed by atoms with van der Waals surface area (Å²) >= 11 is 2.73. The molecule has 0 aliphatic rings. The normalized spacial score (nSPS) is 11.3. The SMILES string of the molecule is COc1cccc(C(=O)Nc2cccc(SC(C(=O)Nc3nc(-c4ccc(OC)c(OC)c4)cs3)c3ccccc3)c2)c1. The molecule has 10 heteroatoms. The number of carbonyl (C=O) groups excluding carboxylic acids is 2. The minimum absolute atomic E-state index is 0.213. The highest BCUT2D eigenvalue weighted by Gasteiger charge is 2.24. The van der Waals surface area contributed by atoms with Crippen LogP contribution in [0.25, 0.3) is 11.3 Å². The van der Waals surface area contributed by atoms with E-state index in [0.717, 1.165) is 16.0 Å². The zero-order valence-corrected chi connectivity index (χ0v) is 25.3. The average molecular weight is 612 g/mol. The lowest BCUT2D eigenvalue weighted by atomic mass is 10.1. The molecule has 8 nitrogen and oxygen atoms in total. The van der Waals surface area contributed by atoms with Crippen LogP contribution >= 0.6 is 23.1 Å². The Labute approximate surface area is 258 Å². The number of hydrogen-bond donors (Lipinski definition) is 2. The van der Waals surface area contributed by atoms with E-state index in [9.17, 15) is 9.59 Å². The van der Waals surface area contributed by atoms with E-state index in [1.807, 2.05) is 78.2 Å². The summed E-state index contributed by atoms with van der Waals surface area (Å²) in [6, 6.07) is 29.5. The van der Waals surface area contributed by atoms with Crippen LogP contribution in [0.4, 0.5) is 10.8 Å². The van der Waals surface area contributed by atoms with Crippen molar-refractivity contribution < 1.29 is 23.8 Å². The first-order valence-electron chi connectivity index (χ1n) is 13.2. The predicted octanol–water partition coefficient (Wildman–Crippen LogP) is 7.56. The number of amides is 2.